The Bertz CT molecular complexity index is 1230. The van der Waals surface area contributed by atoms with Gasteiger partial charge < -0.3 is 19.1 Å². The predicted octanol–water partition coefficient (Wildman–Crippen LogP) is 4.46. The number of fused-ring (bicyclic) bond motifs is 1. The highest BCUT2D eigenvalue weighted by atomic mass is 19.1. The van der Waals surface area contributed by atoms with Crippen LogP contribution in [0.2, 0.25) is 0 Å². The van der Waals surface area contributed by atoms with E-state index in [2.05, 4.69) is 23.0 Å². The van der Waals surface area contributed by atoms with Gasteiger partial charge in [0.1, 0.15) is 5.82 Å². The summed E-state index contributed by atoms with van der Waals surface area (Å²) in [6.45, 7) is 11.1. The molecular weight excluding hydrogens is 443 g/mol. The van der Waals surface area contributed by atoms with Crippen LogP contribution < -0.4 is 0 Å². The smallest absolute Gasteiger partial charge is 0.256 e. The van der Waals surface area contributed by atoms with Crippen molar-refractivity contribution >= 4 is 16.8 Å². The van der Waals surface area contributed by atoms with Gasteiger partial charge in [-0.2, -0.15) is 0 Å². The lowest BCUT2D eigenvalue weighted by molar-refractivity contribution is 0.0754. The van der Waals surface area contributed by atoms with Crippen molar-refractivity contribution < 1.29 is 13.9 Å². The molecule has 3 aromatic rings. The predicted molar refractivity (Wildman–Crippen MR) is 136 cm³/mol. The molecule has 0 unspecified atom stereocenters. The summed E-state index contributed by atoms with van der Waals surface area (Å²) in [6.07, 6.45) is 8.02. The summed E-state index contributed by atoms with van der Waals surface area (Å²) in [5.41, 5.74) is 4.37. The number of benzene rings is 1. The molecule has 5 rings (SSSR count). The van der Waals surface area contributed by atoms with Gasteiger partial charge in [-0.15, -0.1) is 0 Å². The summed E-state index contributed by atoms with van der Waals surface area (Å²) in [6, 6.07) is 4.49. The third kappa shape index (κ3) is 4.71. The van der Waals surface area contributed by atoms with Crippen LogP contribution in [0.15, 0.2) is 36.8 Å². The normalized spacial score (nSPS) is 19.0. The topological polar surface area (TPSA) is 50.6 Å². The number of hydrogen-bond acceptors (Lipinski definition) is 4. The molecule has 35 heavy (non-hydrogen) atoms. The highest BCUT2D eigenvalue weighted by molar-refractivity contribution is 5.99. The number of ether oxygens (including phenoxy) is 1. The third-order valence-electron chi connectivity index (χ3n) is 7.61. The molecule has 1 atom stereocenters. The number of carbonyl (C=O) groups is 1. The molecule has 2 aromatic heterocycles. The number of hydrogen-bond donors (Lipinski definition) is 0. The average molecular weight is 479 g/mol. The summed E-state index contributed by atoms with van der Waals surface area (Å²) in [7, 11) is 1.76. The van der Waals surface area contributed by atoms with Crippen molar-refractivity contribution in [2.75, 3.05) is 39.9 Å². The van der Waals surface area contributed by atoms with Crippen molar-refractivity contribution in [2.24, 2.45) is 11.8 Å². The molecule has 1 amide bonds. The molecule has 2 fully saturated rings. The number of aryl methyl sites for hydroxylation is 1. The Kier molecular flexibility index (Phi) is 6.64. The standard InChI is InChI=1S/C28H35FN4O2/c1-18(2)31(4)28(34)24-10-23(29)5-6-25(24)33-16-22(27-19(3)11-30-12-26(27)33)9-21-14-32(15-21)13-20-7-8-35-17-20/h5-6,10-12,16,18,20-21H,7-9,13-15,17H2,1-4H3/t20-/m1/s1. The number of carbonyl (C=O) groups excluding carboxylic acids is 1. The Balaban J connectivity index is 1.46. The van der Waals surface area contributed by atoms with E-state index in [1.807, 2.05) is 30.8 Å². The molecule has 0 aliphatic carbocycles. The van der Waals surface area contributed by atoms with Crippen LogP contribution in [0.4, 0.5) is 4.39 Å². The first-order valence-corrected chi connectivity index (χ1v) is 12.6. The van der Waals surface area contributed by atoms with Crippen molar-refractivity contribution in [3.05, 3.63) is 59.3 Å². The first-order valence-electron chi connectivity index (χ1n) is 12.6. The monoisotopic (exact) mass is 478 g/mol. The molecule has 0 saturated carbocycles. The molecule has 1 aromatic carbocycles. The Morgan fingerprint density at radius 3 is 2.77 bits per heavy atom. The van der Waals surface area contributed by atoms with Crippen LogP contribution in [0.1, 0.15) is 41.8 Å². The molecule has 7 heteroatoms. The lowest BCUT2D eigenvalue weighted by atomic mass is 9.90. The van der Waals surface area contributed by atoms with Crippen molar-refractivity contribution in [3.63, 3.8) is 0 Å². The Hall–Kier alpha value is -2.77. The van der Waals surface area contributed by atoms with E-state index in [1.54, 1.807) is 18.0 Å². The van der Waals surface area contributed by atoms with Gasteiger partial charge in [0.25, 0.3) is 5.91 Å². The Morgan fingerprint density at radius 2 is 2.06 bits per heavy atom. The van der Waals surface area contributed by atoms with Gasteiger partial charge >= 0.3 is 0 Å². The summed E-state index contributed by atoms with van der Waals surface area (Å²) < 4.78 is 21.8. The number of rotatable bonds is 7. The highest BCUT2D eigenvalue weighted by Crippen LogP contribution is 2.33. The fraction of sp³-hybridized carbons (Fsp3) is 0.500. The van der Waals surface area contributed by atoms with Gasteiger partial charge in [0, 0.05) is 57.1 Å². The van der Waals surface area contributed by atoms with E-state index in [-0.39, 0.29) is 11.9 Å². The van der Waals surface area contributed by atoms with Gasteiger partial charge in [0.2, 0.25) is 0 Å². The largest absolute Gasteiger partial charge is 0.381 e. The molecule has 0 bridgehead atoms. The van der Waals surface area contributed by atoms with Crippen molar-refractivity contribution in [1.82, 2.24) is 19.4 Å². The van der Waals surface area contributed by atoms with Crippen molar-refractivity contribution in [3.8, 4) is 5.69 Å². The zero-order valence-corrected chi connectivity index (χ0v) is 21.1. The van der Waals surface area contributed by atoms with Gasteiger partial charge in [0.15, 0.2) is 0 Å². The summed E-state index contributed by atoms with van der Waals surface area (Å²) >= 11 is 0. The number of aromatic nitrogens is 2. The second kappa shape index (κ2) is 9.70. The van der Waals surface area contributed by atoms with Gasteiger partial charge in [-0.05, 0) is 74.8 Å². The van der Waals surface area contributed by atoms with Gasteiger partial charge in [-0.25, -0.2) is 4.39 Å². The molecule has 0 spiro atoms. The van der Waals surface area contributed by atoms with E-state index in [1.165, 1.54) is 29.5 Å². The molecule has 186 valence electrons. The van der Waals surface area contributed by atoms with E-state index >= 15 is 0 Å². The molecule has 0 radical (unpaired) electrons. The van der Waals surface area contributed by atoms with E-state index in [0.29, 0.717) is 23.1 Å². The van der Waals surface area contributed by atoms with Crippen LogP contribution in [0.5, 0.6) is 0 Å². The molecule has 2 saturated heterocycles. The second-order valence-electron chi connectivity index (χ2n) is 10.6. The SMILES string of the molecule is Cc1cncc2c1c(CC1CN(C[C@H]3CCOC3)C1)cn2-c1ccc(F)cc1C(=O)N(C)C(C)C. The number of likely N-dealkylation sites (tertiary alicyclic amines) is 1. The van der Waals surface area contributed by atoms with E-state index in [0.717, 1.165) is 50.3 Å². The fourth-order valence-electron chi connectivity index (χ4n) is 5.47. The first-order chi connectivity index (χ1) is 16.8. The lowest BCUT2D eigenvalue weighted by Crippen LogP contribution is -2.49. The fourth-order valence-corrected chi connectivity index (χ4v) is 5.47. The first kappa shape index (κ1) is 23.9. The Labute approximate surface area is 206 Å². The van der Waals surface area contributed by atoms with Crippen LogP contribution in [-0.4, -0.2) is 71.2 Å². The van der Waals surface area contributed by atoms with Gasteiger partial charge in [0.05, 0.1) is 29.6 Å². The maximum Gasteiger partial charge on any atom is 0.256 e. The third-order valence-corrected chi connectivity index (χ3v) is 7.61. The second-order valence-corrected chi connectivity index (χ2v) is 10.6. The molecule has 2 aliphatic rings. The minimum Gasteiger partial charge on any atom is -0.381 e. The quantitative estimate of drug-likeness (QED) is 0.503. The molecule has 6 nitrogen and oxygen atoms in total. The van der Waals surface area contributed by atoms with Gasteiger partial charge in [-0.3, -0.25) is 9.78 Å². The van der Waals surface area contributed by atoms with Crippen LogP contribution >= 0.6 is 0 Å². The van der Waals surface area contributed by atoms with E-state index in [4.69, 9.17) is 4.74 Å². The summed E-state index contributed by atoms with van der Waals surface area (Å²) in [5.74, 6) is 0.668. The zero-order chi connectivity index (χ0) is 24.7. The van der Waals surface area contributed by atoms with Crippen LogP contribution in [-0.2, 0) is 11.2 Å². The zero-order valence-electron chi connectivity index (χ0n) is 21.1. The average Bonchev–Trinajstić information content (AvgIpc) is 3.45. The molecule has 0 N–H and O–H groups in total. The van der Waals surface area contributed by atoms with Crippen molar-refractivity contribution in [1.29, 1.82) is 0 Å². The van der Waals surface area contributed by atoms with E-state index in [9.17, 15) is 9.18 Å². The molecule has 2 aliphatic heterocycles. The Morgan fingerprint density at radius 1 is 1.26 bits per heavy atom. The van der Waals surface area contributed by atoms with Crippen LogP contribution in [0.3, 0.4) is 0 Å². The number of nitrogens with zero attached hydrogens (tertiary/aromatic N) is 4. The molecule has 4 heterocycles. The number of pyridine rings is 1. The summed E-state index contributed by atoms with van der Waals surface area (Å²) in [5, 5.41) is 1.18. The van der Waals surface area contributed by atoms with Crippen LogP contribution in [0, 0.1) is 24.6 Å². The minimum atomic E-state index is -0.414. The summed E-state index contributed by atoms with van der Waals surface area (Å²) in [4.78, 5) is 21.9. The van der Waals surface area contributed by atoms with Gasteiger partial charge in [-0.1, -0.05) is 0 Å². The highest BCUT2D eigenvalue weighted by Gasteiger charge is 2.31. The maximum atomic E-state index is 14.3. The minimum absolute atomic E-state index is 0.0110. The lowest BCUT2D eigenvalue weighted by Gasteiger charge is -2.40. The number of amides is 1. The molecular formula is C28H35FN4O2. The van der Waals surface area contributed by atoms with E-state index < -0.39 is 5.82 Å². The van der Waals surface area contributed by atoms with Crippen molar-refractivity contribution in [2.45, 2.75) is 39.7 Å². The number of halogens is 1. The maximum absolute atomic E-state index is 14.3. The van der Waals surface area contributed by atoms with Crippen LogP contribution in [0.25, 0.3) is 16.6 Å².